The second-order valence-electron chi connectivity index (χ2n) is 7.47. The average Bonchev–Trinajstić information content (AvgIpc) is 3.20. The van der Waals surface area contributed by atoms with Crippen LogP contribution in [-0.2, 0) is 10.0 Å². The van der Waals surface area contributed by atoms with Gasteiger partial charge in [-0.1, -0.05) is 12.1 Å². The largest absolute Gasteiger partial charge is 0.486 e. The highest BCUT2D eigenvalue weighted by Crippen LogP contribution is 2.33. The number of aromatic amines is 1. The molecule has 0 spiro atoms. The van der Waals surface area contributed by atoms with Gasteiger partial charge in [-0.15, -0.1) is 0 Å². The number of carbonyl (C=O) groups excluding carboxylic acids is 1. The van der Waals surface area contributed by atoms with Crippen LogP contribution in [0.4, 0.5) is 5.69 Å². The van der Waals surface area contributed by atoms with Crippen molar-refractivity contribution in [2.45, 2.75) is 0 Å². The number of hydrogen-bond acceptors (Lipinski definition) is 6. The monoisotopic (exact) mass is 449 g/mol. The Bertz CT molecular complexity index is 1460. The van der Waals surface area contributed by atoms with Crippen LogP contribution in [-0.4, -0.2) is 43.6 Å². The lowest BCUT2D eigenvalue weighted by Crippen LogP contribution is -2.15. The van der Waals surface area contributed by atoms with Gasteiger partial charge in [0.1, 0.15) is 18.9 Å². The van der Waals surface area contributed by atoms with Crippen LogP contribution in [0.1, 0.15) is 15.9 Å². The molecule has 9 heteroatoms. The van der Waals surface area contributed by atoms with Crippen LogP contribution >= 0.6 is 0 Å². The van der Waals surface area contributed by atoms with E-state index < -0.39 is 10.0 Å². The molecule has 3 heterocycles. The van der Waals surface area contributed by atoms with Gasteiger partial charge in [-0.25, -0.2) is 13.4 Å². The molecule has 0 atom stereocenters. The summed E-state index contributed by atoms with van der Waals surface area (Å²) in [6, 6.07) is 14.0. The van der Waals surface area contributed by atoms with Crippen LogP contribution in [0.25, 0.3) is 22.2 Å². The van der Waals surface area contributed by atoms with E-state index in [0.717, 1.165) is 17.4 Å². The molecule has 1 aliphatic rings. The van der Waals surface area contributed by atoms with Gasteiger partial charge in [0, 0.05) is 40.2 Å². The standard InChI is InChI=1S/C23H19N3O5S/c1-32(28,29)26-17-4-2-3-14(9-17)16-10-18-19(13-25-23(18)24-12-16)22(27)15-5-6-20-21(11-15)31-8-7-30-20/h2-6,9-13,26H,7-8H2,1H3,(H,24,25). The van der Waals surface area contributed by atoms with Crippen LogP contribution in [0.15, 0.2) is 60.9 Å². The van der Waals surface area contributed by atoms with Crippen LogP contribution in [0.2, 0.25) is 0 Å². The number of carbonyl (C=O) groups is 1. The summed E-state index contributed by atoms with van der Waals surface area (Å²) in [5, 5.41) is 0.670. The van der Waals surface area contributed by atoms with Gasteiger partial charge in [-0.05, 0) is 42.0 Å². The number of rotatable bonds is 5. The Kier molecular flexibility index (Phi) is 4.82. The highest BCUT2D eigenvalue weighted by Gasteiger charge is 2.19. The van der Waals surface area contributed by atoms with Gasteiger partial charge < -0.3 is 14.5 Å². The quantitative estimate of drug-likeness (QED) is 0.451. The first-order valence-corrected chi connectivity index (χ1v) is 11.8. The van der Waals surface area contributed by atoms with Gasteiger partial charge in [-0.2, -0.15) is 0 Å². The van der Waals surface area contributed by atoms with Crippen molar-refractivity contribution >= 4 is 32.5 Å². The Morgan fingerprint density at radius 1 is 1.03 bits per heavy atom. The average molecular weight is 449 g/mol. The zero-order valence-corrected chi connectivity index (χ0v) is 17.9. The number of sulfonamides is 1. The molecule has 0 fully saturated rings. The number of nitrogens with zero attached hydrogens (tertiary/aromatic N) is 1. The molecule has 0 unspecified atom stereocenters. The normalized spacial score (nSPS) is 13.2. The number of ether oxygens (including phenoxy) is 2. The molecule has 162 valence electrons. The lowest BCUT2D eigenvalue weighted by atomic mass is 10.0. The van der Waals surface area contributed by atoms with Crippen molar-refractivity contribution in [1.82, 2.24) is 9.97 Å². The highest BCUT2D eigenvalue weighted by atomic mass is 32.2. The fraction of sp³-hybridized carbons (Fsp3) is 0.130. The van der Waals surface area contributed by atoms with Crippen molar-refractivity contribution in [1.29, 1.82) is 0 Å². The second-order valence-corrected chi connectivity index (χ2v) is 9.21. The fourth-order valence-electron chi connectivity index (χ4n) is 3.67. The van der Waals surface area contributed by atoms with E-state index in [9.17, 15) is 13.2 Å². The number of pyridine rings is 1. The number of H-pyrrole nitrogens is 1. The van der Waals surface area contributed by atoms with E-state index in [1.165, 1.54) is 0 Å². The van der Waals surface area contributed by atoms with Gasteiger partial charge in [0.05, 0.1) is 6.26 Å². The van der Waals surface area contributed by atoms with Crippen molar-refractivity contribution in [3.05, 3.63) is 72.1 Å². The second kappa shape index (κ2) is 7.69. The van der Waals surface area contributed by atoms with Crippen LogP contribution in [0.5, 0.6) is 11.5 Å². The third kappa shape index (κ3) is 3.90. The fourth-order valence-corrected chi connectivity index (χ4v) is 4.22. The third-order valence-corrected chi connectivity index (χ3v) is 5.69. The van der Waals surface area contributed by atoms with Crippen LogP contribution < -0.4 is 14.2 Å². The zero-order valence-electron chi connectivity index (χ0n) is 17.1. The molecule has 5 rings (SSSR count). The van der Waals surface area contributed by atoms with Gasteiger partial charge >= 0.3 is 0 Å². The van der Waals surface area contributed by atoms with E-state index in [0.29, 0.717) is 52.6 Å². The predicted octanol–water partition coefficient (Wildman–Crippen LogP) is 3.60. The van der Waals surface area contributed by atoms with Crippen molar-refractivity contribution < 1.29 is 22.7 Å². The molecule has 0 saturated heterocycles. The lowest BCUT2D eigenvalue weighted by Gasteiger charge is -2.18. The van der Waals surface area contributed by atoms with Crippen molar-refractivity contribution in [3.63, 3.8) is 0 Å². The summed E-state index contributed by atoms with van der Waals surface area (Å²) in [4.78, 5) is 20.7. The maximum atomic E-state index is 13.2. The Labute approximate surface area is 184 Å². The predicted molar refractivity (Wildman–Crippen MR) is 121 cm³/mol. The number of hydrogen-bond donors (Lipinski definition) is 2. The van der Waals surface area contributed by atoms with Crippen molar-refractivity contribution in [2.75, 3.05) is 24.2 Å². The molecule has 2 aromatic heterocycles. The molecule has 2 N–H and O–H groups in total. The Hall–Kier alpha value is -3.85. The SMILES string of the molecule is CS(=O)(=O)Nc1cccc(-c2cnc3[nH]cc(C(=O)c4ccc5c(c4)OCCO5)c3c2)c1. The summed E-state index contributed by atoms with van der Waals surface area (Å²) in [5.41, 5.74) is 3.53. The number of nitrogens with one attached hydrogen (secondary N) is 2. The highest BCUT2D eigenvalue weighted by molar-refractivity contribution is 7.92. The van der Waals surface area contributed by atoms with E-state index in [1.807, 2.05) is 12.1 Å². The Balaban J connectivity index is 1.52. The number of ketones is 1. The Morgan fingerprint density at radius 3 is 2.66 bits per heavy atom. The van der Waals surface area contributed by atoms with E-state index in [4.69, 9.17) is 9.47 Å². The molecule has 8 nitrogen and oxygen atoms in total. The van der Waals surface area contributed by atoms with E-state index in [1.54, 1.807) is 48.8 Å². The first-order valence-electron chi connectivity index (χ1n) is 9.87. The van der Waals surface area contributed by atoms with Gasteiger partial charge in [0.15, 0.2) is 17.3 Å². The number of anilines is 1. The summed E-state index contributed by atoms with van der Waals surface area (Å²) in [6.45, 7) is 0.927. The maximum Gasteiger partial charge on any atom is 0.229 e. The maximum absolute atomic E-state index is 13.2. The van der Waals surface area contributed by atoms with Gasteiger partial charge in [-0.3, -0.25) is 9.52 Å². The molecule has 0 bridgehead atoms. The van der Waals surface area contributed by atoms with Crippen molar-refractivity contribution in [2.24, 2.45) is 0 Å². The molecule has 32 heavy (non-hydrogen) atoms. The minimum absolute atomic E-state index is 0.167. The molecular formula is C23H19N3O5S. The molecule has 0 saturated carbocycles. The minimum atomic E-state index is -3.39. The van der Waals surface area contributed by atoms with Crippen molar-refractivity contribution in [3.8, 4) is 22.6 Å². The third-order valence-electron chi connectivity index (χ3n) is 5.08. The topological polar surface area (TPSA) is 110 Å². The smallest absolute Gasteiger partial charge is 0.229 e. The summed E-state index contributed by atoms with van der Waals surface area (Å²) in [5.74, 6) is 1.01. The first kappa shape index (κ1) is 20.1. The Morgan fingerprint density at radius 2 is 1.84 bits per heavy atom. The molecule has 1 aliphatic heterocycles. The summed E-state index contributed by atoms with van der Waals surface area (Å²) in [7, 11) is -3.39. The lowest BCUT2D eigenvalue weighted by molar-refractivity contribution is 0.103. The first-order chi connectivity index (χ1) is 15.4. The number of benzene rings is 2. The molecule has 0 radical (unpaired) electrons. The summed E-state index contributed by atoms with van der Waals surface area (Å²) < 4.78 is 36.7. The zero-order chi connectivity index (χ0) is 22.3. The van der Waals surface area contributed by atoms with E-state index in [2.05, 4.69) is 14.7 Å². The molecule has 4 aromatic rings. The van der Waals surface area contributed by atoms with Gasteiger partial charge in [0.25, 0.3) is 0 Å². The molecule has 2 aromatic carbocycles. The van der Waals surface area contributed by atoms with E-state index in [-0.39, 0.29) is 5.78 Å². The summed E-state index contributed by atoms with van der Waals surface area (Å²) >= 11 is 0. The van der Waals surface area contributed by atoms with Crippen LogP contribution in [0, 0.1) is 0 Å². The number of aromatic nitrogens is 2. The van der Waals surface area contributed by atoms with E-state index >= 15 is 0 Å². The molecule has 0 amide bonds. The number of fused-ring (bicyclic) bond motifs is 2. The summed E-state index contributed by atoms with van der Waals surface area (Å²) in [6.07, 6.45) is 4.42. The minimum Gasteiger partial charge on any atom is -0.486 e. The van der Waals surface area contributed by atoms with Crippen LogP contribution in [0.3, 0.4) is 0 Å². The molecule has 0 aliphatic carbocycles. The van der Waals surface area contributed by atoms with Gasteiger partial charge in [0.2, 0.25) is 10.0 Å². The molecular weight excluding hydrogens is 430 g/mol.